The third kappa shape index (κ3) is 2.23. The van der Waals surface area contributed by atoms with Crippen LogP contribution >= 0.6 is 0 Å². The highest BCUT2D eigenvalue weighted by Crippen LogP contribution is 2.34. The normalized spacial score (nSPS) is 23.1. The Morgan fingerprint density at radius 1 is 1.21 bits per heavy atom. The summed E-state index contributed by atoms with van der Waals surface area (Å²) in [6, 6.07) is 7.46. The summed E-state index contributed by atoms with van der Waals surface area (Å²) in [7, 11) is 1.52. The molecule has 1 aromatic carbocycles. The number of aryl methyl sites for hydroxylation is 1. The summed E-state index contributed by atoms with van der Waals surface area (Å²) in [6.45, 7) is 6.10. The van der Waals surface area contributed by atoms with Crippen LogP contribution in [0.2, 0.25) is 0 Å². The van der Waals surface area contributed by atoms with Gasteiger partial charge in [0.25, 0.3) is 5.91 Å². The smallest absolute Gasteiger partial charge is 0.319 e. The average Bonchev–Trinajstić information content (AvgIpc) is 2.55. The number of carbonyl (C=O) groups is 2. The Bertz CT molecular complexity index is 507. The molecule has 1 fully saturated rings. The molecule has 2 rings (SSSR count). The third-order valence-corrected chi connectivity index (χ3v) is 3.55. The van der Waals surface area contributed by atoms with Crippen molar-refractivity contribution in [3.05, 3.63) is 35.4 Å². The Morgan fingerprint density at radius 3 is 2.21 bits per heavy atom. The lowest BCUT2D eigenvalue weighted by atomic mass is 9.82. The molecule has 0 saturated carbocycles. The van der Waals surface area contributed by atoms with E-state index in [0.29, 0.717) is 12.3 Å². The second kappa shape index (κ2) is 4.68. The topological polar surface area (TPSA) is 49.4 Å². The monoisotopic (exact) mass is 260 g/mol. The highest BCUT2D eigenvalue weighted by atomic mass is 16.2. The first-order valence-electron chi connectivity index (χ1n) is 6.54. The first kappa shape index (κ1) is 13.6. The zero-order valence-corrected chi connectivity index (χ0v) is 11.9. The van der Waals surface area contributed by atoms with Crippen LogP contribution < -0.4 is 5.32 Å². The Balaban J connectivity index is 2.50. The zero-order valence-electron chi connectivity index (χ0n) is 11.9. The average molecular weight is 260 g/mol. The van der Waals surface area contributed by atoms with Crippen molar-refractivity contribution in [1.82, 2.24) is 10.2 Å². The van der Waals surface area contributed by atoms with Gasteiger partial charge in [0.05, 0.1) is 0 Å². The van der Waals surface area contributed by atoms with Crippen LogP contribution in [0.3, 0.4) is 0 Å². The Morgan fingerprint density at radius 2 is 1.79 bits per heavy atom. The molecule has 0 unspecified atom stereocenters. The van der Waals surface area contributed by atoms with E-state index in [1.807, 2.05) is 45.0 Å². The molecule has 4 heteroatoms. The SMILES string of the molecule is Cc1ccc([C@@]2(CC(C)C)NC(=O)N(C)C2=O)cc1. The van der Waals surface area contributed by atoms with E-state index in [9.17, 15) is 9.59 Å². The number of amides is 3. The quantitative estimate of drug-likeness (QED) is 0.848. The van der Waals surface area contributed by atoms with Crippen molar-refractivity contribution in [3.63, 3.8) is 0 Å². The van der Waals surface area contributed by atoms with Gasteiger partial charge in [0.1, 0.15) is 5.54 Å². The largest absolute Gasteiger partial charge is 0.325 e. The molecule has 1 atom stereocenters. The first-order valence-corrected chi connectivity index (χ1v) is 6.54. The molecule has 102 valence electrons. The van der Waals surface area contributed by atoms with Gasteiger partial charge < -0.3 is 5.32 Å². The zero-order chi connectivity index (χ0) is 14.2. The molecule has 1 aliphatic rings. The first-order chi connectivity index (χ1) is 8.86. The molecule has 0 aromatic heterocycles. The maximum atomic E-state index is 12.5. The van der Waals surface area contributed by atoms with Crippen LogP contribution in [0.15, 0.2) is 24.3 Å². The van der Waals surface area contributed by atoms with E-state index in [1.165, 1.54) is 11.9 Å². The number of carbonyl (C=O) groups excluding carboxylic acids is 2. The summed E-state index contributed by atoms with van der Waals surface area (Å²) in [5.74, 6) is 0.132. The molecule has 1 N–H and O–H groups in total. The van der Waals surface area contributed by atoms with Gasteiger partial charge in [0.15, 0.2) is 0 Å². The second-order valence-corrected chi connectivity index (χ2v) is 5.66. The summed E-state index contributed by atoms with van der Waals surface area (Å²) >= 11 is 0. The molecule has 0 aliphatic carbocycles. The predicted octanol–water partition coefficient (Wildman–Crippen LogP) is 2.42. The van der Waals surface area contributed by atoms with Crippen molar-refractivity contribution in [2.45, 2.75) is 32.7 Å². The molecule has 19 heavy (non-hydrogen) atoms. The molecule has 0 bridgehead atoms. The summed E-state index contributed by atoms with van der Waals surface area (Å²) in [5.41, 5.74) is 1.08. The van der Waals surface area contributed by atoms with Crippen LogP contribution in [0.25, 0.3) is 0 Å². The van der Waals surface area contributed by atoms with E-state index in [2.05, 4.69) is 5.32 Å². The maximum absolute atomic E-state index is 12.5. The van der Waals surface area contributed by atoms with E-state index in [-0.39, 0.29) is 11.9 Å². The summed E-state index contributed by atoms with van der Waals surface area (Å²) < 4.78 is 0. The fourth-order valence-electron chi connectivity index (χ4n) is 2.60. The van der Waals surface area contributed by atoms with E-state index in [0.717, 1.165) is 11.1 Å². The van der Waals surface area contributed by atoms with Crippen molar-refractivity contribution in [1.29, 1.82) is 0 Å². The van der Waals surface area contributed by atoms with E-state index in [1.54, 1.807) is 0 Å². The molecule has 3 amide bonds. The molecule has 1 aliphatic heterocycles. The fourth-order valence-corrected chi connectivity index (χ4v) is 2.60. The lowest BCUT2D eigenvalue weighted by Gasteiger charge is -2.29. The Labute approximate surface area is 113 Å². The van der Waals surface area contributed by atoms with Gasteiger partial charge in [-0.25, -0.2) is 4.79 Å². The summed E-state index contributed by atoms with van der Waals surface area (Å²) in [4.78, 5) is 25.5. The number of rotatable bonds is 3. The molecule has 0 spiro atoms. The van der Waals surface area contributed by atoms with Gasteiger partial charge in [-0.15, -0.1) is 0 Å². The number of likely N-dealkylation sites (N-methyl/N-ethyl adjacent to an activating group) is 1. The second-order valence-electron chi connectivity index (χ2n) is 5.66. The number of hydrogen-bond donors (Lipinski definition) is 1. The van der Waals surface area contributed by atoms with Gasteiger partial charge >= 0.3 is 6.03 Å². The van der Waals surface area contributed by atoms with Crippen LogP contribution in [0, 0.1) is 12.8 Å². The molecular weight excluding hydrogens is 240 g/mol. The lowest BCUT2D eigenvalue weighted by molar-refractivity contribution is -0.131. The van der Waals surface area contributed by atoms with Crippen LogP contribution in [-0.4, -0.2) is 23.9 Å². The maximum Gasteiger partial charge on any atom is 0.325 e. The van der Waals surface area contributed by atoms with Gasteiger partial charge in [-0.05, 0) is 24.8 Å². The van der Waals surface area contributed by atoms with Crippen molar-refractivity contribution < 1.29 is 9.59 Å². The van der Waals surface area contributed by atoms with Crippen LogP contribution in [-0.2, 0) is 10.3 Å². The summed E-state index contributed by atoms with van der Waals surface area (Å²) in [5, 5.41) is 2.87. The lowest BCUT2D eigenvalue weighted by Crippen LogP contribution is -2.44. The highest BCUT2D eigenvalue weighted by molar-refractivity contribution is 6.07. The molecule has 0 radical (unpaired) electrons. The Hall–Kier alpha value is -1.84. The minimum atomic E-state index is -0.909. The number of nitrogens with zero attached hydrogens (tertiary/aromatic N) is 1. The number of imide groups is 1. The molecule has 1 heterocycles. The van der Waals surface area contributed by atoms with Crippen molar-refractivity contribution >= 4 is 11.9 Å². The van der Waals surface area contributed by atoms with E-state index >= 15 is 0 Å². The van der Waals surface area contributed by atoms with Crippen molar-refractivity contribution in [2.24, 2.45) is 5.92 Å². The van der Waals surface area contributed by atoms with Gasteiger partial charge in [-0.1, -0.05) is 43.7 Å². The number of benzene rings is 1. The molecule has 4 nitrogen and oxygen atoms in total. The number of urea groups is 1. The van der Waals surface area contributed by atoms with Crippen molar-refractivity contribution in [2.75, 3.05) is 7.05 Å². The van der Waals surface area contributed by atoms with E-state index in [4.69, 9.17) is 0 Å². The Kier molecular flexibility index (Phi) is 3.35. The minimum Gasteiger partial charge on any atom is -0.319 e. The van der Waals surface area contributed by atoms with Crippen LogP contribution in [0.1, 0.15) is 31.4 Å². The standard InChI is InChI=1S/C15H20N2O2/c1-10(2)9-15(12-7-5-11(3)6-8-12)13(18)17(4)14(19)16-15/h5-8,10H,9H2,1-4H3,(H,16,19)/t15-/m1/s1. The molecule has 1 aromatic rings. The number of nitrogens with one attached hydrogen (secondary N) is 1. The number of hydrogen-bond acceptors (Lipinski definition) is 2. The third-order valence-electron chi connectivity index (χ3n) is 3.55. The van der Waals surface area contributed by atoms with Gasteiger partial charge in [-0.3, -0.25) is 9.69 Å². The molecular formula is C15H20N2O2. The van der Waals surface area contributed by atoms with Crippen LogP contribution in [0.4, 0.5) is 4.79 Å². The highest BCUT2D eigenvalue weighted by Gasteiger charge is 2.50. The molecule has 1 saturated heterocycles. The van der Waals surface area contributed by atoms with Crippen LogP contribution in [0.5, 0.6) is 0 Å². The predicted molar refractivity (Wildman–Crippen MR) is 73.6 cm³/mol. The van der Waals surface area contributed by atoms with E-state index < -0.39 is 5.54 Å². The minimum absolute atomic E-state index is 0.171. The summed E-state index contributed by atoms with van der Waals surface area (Å²) in [6.07, 6.45) is 0.602. The van der Waals surface area contributed by atoms with Gasteiger partial charge in [-0.2, -0.15) is 0 Å². The van der Waals surface area contributed by atoms with Gasteiger partial charge in [0, 0.05) is 7.05 Å². The fraction of sp³-hybridized carbons (Fsp3) is 0.467. The van der Waals surface area contributed by atoms with Gasteiger partial charge in [0.2, 0.25) is 0 Å². The van der Waals surface area contributed by atoms with Crippen molar-refractivity contribution in [3.8, 4) is 0 Å².